The van der Waals surface area contributed by atoms with E-state index in [0.717, 1.165) is 17.1 Å². The molecule has 2 aromatic heterocycles. The van der Waals surface area contributed by atoms with Gasteiger partial charge in [0.2, 0.25) is 0 Å². The number of hydrogen-bond donors (Lipinski definition) is 1. The predicted molar refractivity (Wildman–Crippen MR) is 78.3 cm³/mol. The Hall–Kier alpha value is -1.52. The smallest absolute Gasteiger partial charge is 0.253 e. The van der Waals surface area contributed by atoms with E-state index in [1.165, 1.54) is 12.3 Å². The Labute approximate surface area is 127 Å². The van der Waals surface area contributed by atoms with Gasteiger partial charge in [-0.05, 0) is 32.9 Å². The molecule has 106 valence electrons. The van der Waals surface area contributed by atoms with E-state index < -0.39 is 0 Å². The maximum absolute atomic E-state index is 12.2. The summed E-state index contributed by atoms with van der Waals surface area (Å²) in [4.78, 5) is 16.0. The molecular formula is C14H14Cl2N2O2. The van der Waals surface area contributed by atoms with Crippen molar-refractivity contribution in [1.29, 1.82) is 0 Å². The highest BCUT2D eigenvalue weighted by molar-refractivity contribution is 6.35. The van der Waals surface area contributed by atoms with Crippen molar-refractivity contribution in [2.75, 3.05) is 0 Å². The van der Waals surface area contributed by atoms with Gasteiger partial charge in [0.15, 0.2) is 0 Å². The minimum absolute atomic E-state index is 0.192. The van der Waals surface area contributed by atoms with Crippen LogP contribution in [0.5, 0.6) is 0 Å². The first-order valence-electron chi connectivity index (χ1n) is 6.07. The zero-order chi connectivity index (χ0) is 14.9. The van der Waals surface area contributed by atoms with Crippen LogP contribution in [0, 0.1) is 13.8 Å². The van der Waals surface area contributed by atoms with Crippen LogP contribution in [-0.4, -0.2) is 10.9 Å². The number of furan rings is 1. The Morgan fingerprint density at radius 2 is 2.05 bits per heavy atom. The molecule has 1 N–H and O–H groups in total. The maximum atomic E-state index is 12.2. The molecule has 2 rings (SSSR count). The lowest BCUT2D eigenvalue weighted by atomic mass is 10.1. The van der Waals surface area contributed by atoms with E-state index in [0.29, 0.717) is 5.56 Å². The molecule has 0 radical (unpaired) electrons. The molecule has 0 aliphatic carbocycles. The third-order valence-electron chi connectivity index (χ3n) is 2.96. The quantitative estimate of drug-likeness (QED) is 0.868. The fourth-order valence-electron chi connectivity index (χ4n) is 2.02. The van der Waals surface area contributed by atoms with Crippen LogP contribution < -0.4 is 5.32 Å². The van der Waals surface area contributed by atoms with Crippen LogP contribution in [0.15, 0.2) is 22.7 Å². The van der Waals surface area contributed by atoms with Gasteiger partial charge in [0, 0.05) is 11.8 Å². The summed E-state index contributed by atoms with van der Waals surface area (Å²) >= 11 is 11.7. The van der Waals surface area contributed by atoms with E-state index in [4.69, 9.17) is 27.6 Å². The molecule has 0 spiro atoms. The summed E-state index contributed by atoms with van der Waals surface area (Å²) in [6.45, 7) is 5.61. The second-order valence-corrected chi connectivity index (χ2v) is 5.35. The number of hydrogen-bond acceptors (Lipinski definition) is 3. The van der Waals surface area contributed by atoms with Crippen LogP contribution in [0.25, 0.3) is 0 Å². The number of carbonyl (C=O) groups is 1. The van der Waals surface area contributed by atoms with Crippen molar-refractivity contribution in [3.63, 3.8) is 0 Å². The van der Waals surface area contributed by atoms with Crippen LogP contribution >= 0.6 is 23.2 Å². The number of nitrogens with one attached hydrogen (secondary N) is 1. The minimum atomic E-state index is -0.301. The van der Waals surface area contributed by atoms with E-state index in [-0.39, 0.29) is 22.1 Å². The summed E-state index contributed by atoms with van der Waals surface area (Å²) in [7, 11) is 0. The molecule has 1 amide bonds. The van der Waals surface area contributed by atoms with Gasteiger partial charge in [0.05, 0.1) is 16.6 Å². The number of carbonyl (C=O) groups excluding carboxylic acids is 1. The summed E-state index contributed by atoms with van der Waals surface area (Å²) in [5.74, 6) is 1.29. The second-order valence-electron chi connectivity index (χ2n) is 4.55. The topological polar surface area (TPSA) is 55.1 Å². The van der Waals surface area contributed by atoms with E-state index in [1.807, 2.05) is 26.8 Å². The Morgan fingerprint density at radius 3 is 2.65 bits per heavy atom. The summed E-state index contributed by atoms with van der Waals surface area (Å²) < 4.78 is 5.46. The van der Waals surface area contributed by atoms with E-state index in [1.54, 1.807) is 0 Å². The first-order valence-corrected chi connectivity index (χ1v) is 6.83. The van der Waals surface area contributed by atoms with Crippen LogP contribution in [-0.2, 0) is 0 Å². The molecule has 0 saturated carbocycles. The molecule has 6 heteroatoms. The van der Waals surface area contributed by atoms with Crippen molar-refractivity contribution >= 4 is 29.1 Å². The van der Waals surface area contributed by atoms with E-state index >= 15 is 0 Å². The molecule has 0 saturated heterocycles. The van der Waals surface area contributed by atoms with Crippen molar-refractivity contribution in [2.45, 2.75) is 26.8 Å². The van der Waals surface area contributed by atoms with E-state index in [2.05, 4.69) is 10.3 Å². The molecule has 20 heavy (non-hydrogen) atoms. The van der Waals surface area contributed by atoms with Gasteiger partial charge in [0.25, 0.3) is 5.91 Å². The van der Waals surface area contributed by atoms with E-state index in [9.17, 15) is 4.79 Å². The first kappa shape index (κ1) is 14.9. The average Bonchev–Trinajstić information content (AvgIpc) is 2.71. The number of aromatic nitrogens is 1. The van der Waals surface area contributed by atoms with Crippen LogP contribution in [0.4, 0.5) is 0 Å². The average molecular weight is 313 g/mol. The molecule has 0 fully saturated rings. The molecule has 2 heterocycles. The second kappa shape index (κ2) is 5.85. The Bertz CT molecular complexity index is 653. The van der Waals surface area contributed by atoms with Gasteiger partial charge in [-0.1, -0.05) is 23.2 Å². The predicted octanol–water partition coefficient (Wildman–Crippen LogP) is 4.09. The highest BCUT2D eigenvalue weighted by atomic mass is 35.5. The Kier molecular flexibility index (Phi) is 4.35. The van der Waals surface area contributed by atoms with Gasteiger partial charge in [0.1, 0.15) is 16.7 Å². The zero-order valence-electron chi connectivity index (χ0n) is 11.3. The molecule has 1 atom stereocenters. The number of aryl methyl sites for hydroxylation is 2. The lowest BCUT2D eigenvalue weighted by molar-refractivity contribution is 0.0940. The number of nitrogens with zero attached hydrogens (tertiary/aromatic N) is 1. The first-order chi connectivity index (χ1) is 9.38. The largest absolute Gasteiger partial charge is 0.466 e. The highest BCUT2D eigenvalue weighted by Crippen LogP contribution is 2.23. The third kappa shape index (κ3) is 3.14. The number of amides is 1. The lowest BCUT2D eigenvalue weighted by Gasteiger charge is -2.14. The van der Waals surface area contributed by atoms with Gasteiger partial charge in [-0.3, -0.25) is 4.79 Å². The summed E-state index contributed by atoms with van der Waals surface area (Å²) in [6, 6.07) is 3.16. The Balaban J connectivity index is 2.19. The van der Waals surface area contributed by atoms with Crippen molar-refractivity contribution in [3.8, 4) is 0 Å². The van der Waals surface area contributed by atoms with Crippen molar-refractivity contribution < 1.29 is 9.21 Å². The monoisotopic (exact) mass is 312 g/mol. The zero-order valence-corrected chi connectivity index (χ0v) is 12.8. The van der Waals surface area contributed by atoms with Crippen molar-refractivity contribution in [2.24, 2.45) is 0 Å². The molecule has 0 bridgehead atoms. The molecule has 0 aromatic carbocycles. The van der Waals surface area contributed by atoms with Crippen molar-refractivity contribution in [3.05, 3.63) is 51.2 Å². The Morgan fingerprint density at radius 1 is 1.35 bits per heavy atom. The standard InChI is InChI=1S/C14H14Cl2N2O2/c1-7-4-10(9(3)20-7)8(2)18-14(19)11-5-13(16)17-6-12(11)15/h4-6,8H,1-3H3,(H,18,19). The summed E-state index contributed by atoms with van der Waals surface area (Å²) in [5.41, 5.74) is 1.24. The van der Waals surface area contributed by atoms with Crippen LogP contribution in [0.1, 0.15) is 40.4 Å². The molecular weight excluding hydrogens is 299 g/mol. The number of pyridine rings is 1. The molecule has 0 aliphatic heterocycles. The van der Waals surface area contributed by atoms with Crippen LogP contribution in [0.2, 0.25) is 10.2 Å². The third-order valence-corrected chi connectivity index (χ3v) is 3.47. The SMILES string of the molecule is Cc1cc(C(C)NC(=O)c2cc(Cl)ncc2Cl)c(C)o1. The molecule has 2 aromatic rings. The maximum Gasteiger partial charge on any atom is 0.253 e. The molecule has 0 aliphatic rings. The van der Waals surface area contributed by atoms with Gasteiger partial charge in [-0.15, -0.1) is 0 Å². The van der Waals surface area contributed by atoms with Crippen molar-refractivity contribution in [1.82, 2.24) is 10.3 Å². The molecule has 1 unspecified atom stereocenters. The normalized spacial score (nSPS) is 12.2. The van der Waals surface area contributed by atoms with Crippen LogP contribution in [0.3, 0.4) is 0 Å². The lowest BCUT2D eigenvalue weighted by Crippen LogP contribution is -2.27. The number of halogens is 2. The fourth-order valence-corrected chi connectivity index (χ4v) is 2.37. The summed E-state index contributed by atoms with van der Waals surface area (Å²) in [5, 5.41) is 3.35. The highest BCUT2D eigenvalue weighted by Gasteiger charge is 2.18. The summed E-state index contributed by atoms with van der Waals surface area (Å²) in [6.07, 6.45) is 1.36. The fraction of sp³-hybridized carbons (Fsp3) is 0.286. The number of rotatable bonds is 3. The van der Waals surface area contributed by atoms with Gasteiger partial charge in [-0.2, -0.15) is 0 Å². The van der Waals surface area contributed by atoms with Gasteiger partial charge < -0.3 is 9.73 Å². The molecule has 4 nitrogen and oxygen atoms in total. The minimum Gasteiger partial charge on any atom is -0.466 e. The van der Waals surface area contributed by atoms with Gasteiger partial charge in [-0.25, -0.2) is 4.98 Å². The van der Waals surface area contributed by atoms with Gasteiger partial charge >= 0.3 is 0 Å².